The largest absolute Gasteiger partial charge is 0.493 e. The summed E-state index contributed by atoms with van der Waals surface area (Å²) < 4.78 is 5.77. The normalized spacial score (nSPS) is 11.9. The highest BCUT2D eigenvalue weighted by molar-refractivity contribution is 7.98. The number of hydrogen-bond donors (Lipinski definition) is 2. The number of nitrogens with zero attached hydrogens (tertiary/aromatic N) is 1. The maximum atomic E-state index is 8.88. The Kier molecular flexibility index (Phi) is 6.56. The summed E-state index contributed by atoms with van der Waals surface area (Å²) in [5.41, 5.74) is 6.40. The number of hydrogen-bond acceptors (Lipinski definition) is 4. The molecule has 0 aliphatic rings. The van der Waals surface area contributed by atoms with E-state index in [1.807, 2.05) is 24.5 Å². The summed E-state index contributed by atoms with van der Waals surface area (Å²) in [6, 6.07) is 5.69. The first-order valence-electron chi connectivity index (χ1n) is 6.37. The van der Waals surface area contributed by atoms with Crippen LogP contribution in [0.5, 0.6) is 5.75 Å². The van der Waals surface area contributed by atoms with E-state index >= 15 is 0 Å². The molecule has 106 valence electrons. The Morgan fingerprint density at radius 2 is 2.21 bits per heavy atom. The number of rotatable bonds is 7. The van der Waals surface area contributed by atoms with Crippen LogP contribution in [-0.4, -0.2) is 23.9 Å². The molecule has 0 aliphatic heterocycles. The summed E-state index contributed by atoms with van der Waals surface area (Å²) in [4.78, 5) is 0.941. The summed E-state index contributed by atoms with van der Waals surface area (Å²) in [6.07, 6.45) is 4.07. The second-order valence-electron chi connectivity index (χ2n) is 4.70. The molecule has 19 heavy (non-hydrogen) atoms. The number of nitrogens with two attached hydrogens (primary N) is 1. The maximum Gasteiger partial charge on any atom is 0.174 e. The van der Waals surface area contributed by atoms with Crippen LogP contribution < -0.4 is 10.5 Å². The highest BCUT2D eigenvalue weighted by Crippen LogP contribution is 2.28. The lowest BCUT2D eigenvalue weighted by molar-refractivity contribution is 0.295. The Morgan fingerprint density at radius 3 is 2.79 bits per heavy atom. The van der Waals surface area contributed by atoms with Crippen LogP contribution in [-0.2, 0) is 0 Å². The van der Waals surface area contributed by atoms with Crippen LogP contribution >= 0.6 is 11.8 Å². The standard InChI is InChI=1S/C14H22N2O2S/c1-10(2)6-5-9-18-11-7-4-8-12(19-3)13(11)14(15)16-17/h4,7-8,10,17H,5-6,9H2,1-3H3,(H2,15,16). The predicted molar refractivity (Wildman–Crippen MR) is 80.3 cm³/mol. The van der Waals surface area contributed by atoms with Crippen molar-refractivity contribution in [2.45, 2.75) is 31.6 Å². The van der Waals surface area contributed by atoms with Crippen LogP contribution in [0.4, 0.5) is 0 Å². The van der Waals surface area contributed by atoms with Crippen LogP contribution in [0.1, 0.15) is 32.3 Å². The first-order valence-corrected chi connectivity index (χ1v) is 7.60. The first kappa shape index (κ1) is 15.7. The summed E-state index contributed by atoms with van der Waals surface area (Å²) in [6.45, 7) is 5.02. The molecular weight excluding hydrogens is 260 g/mol. The van der Waals surface area contributed by atoms with Crippen molar-refractivity contribution in [1.82, 2.24) is 0 Å². The highest BCUT2D eigenvalue weighted by atomic mass is 32.2. The second kappa shape index (κ2) is 7.94. The van der Waals surface area contributed by atoms with Gasteiger partial charge in [-0.1, -0.05) is 25.1 Å². The molecule has 0 fully saturated rings. The van der Waals surface area contributed by atoms with Crippen molar-refractivity contribution < 1.29 is 9.94 Å². The smallest absolute Gasteiger partial charge is 0.174 e. The molecule has 1 aromatic carbocycles. The van der Waals surface area contributed by atoms with Gasteiger partial charge in [0.15, 0.2) is 5.84 Å². The molecule has 0 atom stereocenters. The van der Waals surface area contributed by atoms with Gasteiger partial charge in [-0.15, -0.1) is 11.8 Å². The molecular formula is C14H22N2O2S. The third-order valence-corrected chi connectivity index (χ3v) is 3.54. The zero-order valence-electron chi connectivity index (χ0n) is 11.7. The molecule has 4 nitrogen and oxygen atoms in total. The van der Waals surface area contributed by atoms with E-state index in [0.717, 1.165) is 17.7 Å². The average Bonchev–Trinajstić information content (AvgIpc) is 2.42. The topological polar surface area (TPSA) is 67.8 Å². The Morgan fingerprint density at radius 1 is 1.47 bits per heavy atom. The molecule has 1 rings (SSSR count). The van der Waals surface area contributed by atoms with Gasteiger partial charge in [0.1, 0.15) is 5.75 Å². The van der Waals surface area contributed by atoms with Gasteiger partial charge in [0.25, 0.3) is 0 Å². The lowest BCUT2D eigenvalue weighted by atomic mass is 10.1. The van der Waals surface area contributed by atoms with E-state index < -0.39 is 0 Å². The van der Waals surface area contributed by atoms with Crippen molar-refractivity contribution in [3.8, 4) is 5.75 Å². The zero-order chi connectivity index (χ0) is 14.3. The molecule has 0 radical (unpaired) electrons. The van der Waals surface area contributed by atoms with Crippen LogP contribution in [0.25, 0.3) is 0 Å². The number of amidine groups is 1. The van der Waals surface area contributed by atoms with Gasteiger partial charge in [0, 0.05) is 4.90 Å². The molecule has 0 unspecified atom stereocenters. The summed E-state index contributed by atoms with van der Waals surface area (Å²) >= 11 is 1.55. The fraction of sp³-hybridized carbons (Fsp3) is 0.500. The molecule has 0 heterocycles. The second-order valence-corrected chi connectivity index (χ2v) is 5.55. The molecule has 1 aromatic rings. The monoisotopic (exact) mass is 282 g/mol. The van der Waals surface area contributed by atoms with Crippen molar-refractivity contribution >= 4 is 17.6 Å². The Hall–Kier alpha value is -1.36. The number of thioether (sulfide) groups is 1. The van der Waals surface area contributed by atoms with Crippen molar-refractivity contribution in [2.75, 3.05) is 12.9 Å². The van der Waals surface area contributed by atoms with Crippen molar-refractivity contribution in [1.29, 1.82) is 0 Å². The summed E-state index contributed by atoms with van der Waals surface area (Å²) in [5.74, 6) is 1.43. The van der Waals surface area contributed by atoms with Gasteiger partial charge in [-0.05, 0) is 37.1 Å². The number of benzene rings is 1. The number of ether oxygens (including phenoxy) is 1. The molecule has 0 spiro atoms. The van der Waals surface area contributed by atoms with E-state index in [-0.39, 0.29) is 5.84 Å². The lowest BCUT2D eigenvalue weighted by Gasteiger charge is -2.14. The van der Waals surface area contributed by atoms with E-state index in [1.165, 1.54) is 0 Å². The predicted octanol–water partition coefficient (Wildman–Crippen LogP) is 3.32. The van der Waals surface area contributed by atoms with Gasteiger partial charge in [0.2, 0.25) is 0 Å². The van der Waals surface area contributed by atoms with E-state index in [9.17, 15) is 0 Å². The third-order valence-electron chi connectivity index (χ3n) is 2.76. The van der Waals surface area contributed by atoms with Crippen LogP contribution in [0, 0.1) is 5.92 Å². The van der Waals surface area contributed by atoms with Crippen molar-refractivity contribution in [3.63, 3.8) is 0 Å². The van der Waals surface area contributed by atoms with Crippen molar-refractivity contribution in [3.05, 3.63) is 23.8 Å². The van der Waals surface area contributed by atoms with E-state index in [4.69, 9.17) is 15.7 Å². The minimum atomic E-state index is 0.0869. The molecule has 0 saturated heterocycles. The Balaban J connectivity index is 2.82. The van der Waals surface area contributed by atoms with E-state index in [2.05, 4.69) is 19.0 Å². The minimum Gasteiger partial charge on any atom is -0.493 e. The zero-order valence-corrected chi connectivity index (χ0v) is 12.5. The van der Waals surface area contributed by atoms with Crippen LogP contribution in [0.3, 0.4) is 0 Å². The minimum absolute atomic E-state index is 0.0869. The van der Waals surface area contributed by atoms with Gasteiger partial charge in [-0.25, -0.2) is 0 Å². The first-order chi connectivity index (χ1) is 9.10. The number of oxime groups is 1. The van der Waals surface area contributed by atoms with Gasteiger partial charge in [0.05, 0.1) is 12.2 Å². The fourth-order valence-corrected chi connectivity index (χ4v) is 2.40. The molecule has 0 bridgehead atoms. The van der Waals surface area contributed by atoms with Crippen molar-refractivity contribution in [2.24, 2.45) is 16.8 Å². The van der Waals surface area contributed by atoms with Crippen LogP contribution in [0.15, 0.2) is 28.3 Å². The molecule has 5 heteroatoms. The third kappa shape index (κ3) is 4.67. The van der Waals surface area contributed by atoms with Gasteiger partial charge in [-0.3, -0.25) is 0 Å². The molecule has 0 aromatic heterocycles. The molecule has 0 saturated carbocycles. The summed E-state index contributed by atoms with van der Waals surface area (Å²) in [7, 11) is 0. The maximum absolute atomic E-state index is 8.88. The Labute approximate surface area is 119 Å². The lowest BCUT2D eigenvalue weighted by Crippen LogP contribution is -2.16. The quantitative estimate of drug-likeness (QED) is 0.201. The SMILES string of the molecule is CSc1cccc(OCCCC(C)C)c1/C(N)=N/O. The van der Waals surface area contributed by atoms with Gasteiger partial charge in [-0.2, -0.15) is 0 Å². The van der Waals surface area contributed by atoms with Gasteiger partial charge >= 0.3 is 0 Å². The van der Waals surface area contributed by atoms with Gasteiger partial charge < -0.3 is 15.7 Å². The summed E-state index contributed by atoms with van der Waals surface area (Å²) in [5, 5.41) is 12.0. The molecule has 3 N–H and O–H groups in total. The van der Waals surface area contributed by atoms with E-state index in [1.54, 1.807) is 11.8 Å². The molecule has 0 aliphatic carbocycles. The molecule has 0 amide bonds. The van der Waals surface area contributed by atoms with Crippen LogP contribution in [0.2, 0.25) is 0 Å². The fourth-order valence-electron chi connectivity index (χ4n) is 1.78. The highest BCUT2D eigenvalue weighted by Gasteiger charge is 2.13. The average molecular weight is 282 g/mol. The van der Waals surface area contributed by atoms with E-state index in [0.29, 0.717) is 23.8 Å². The Bertz CT molecular complexity index is 433.